The Hall–Kier alpha value is -1.86. The van der Waals surface area contributed by atoms with Gasteiger partial charge in [0.25, 0.3) is 10.0 Å². The Bertz CT molecular complexity index is 715. The summed E-state index contributed by atoms with van der Waals surface area (Å²) in [6.07, 6.45) is 0. The molecule has 1 aromatic carbocycles. The summed E-state index contributed by atoms with van der Waals surface area (Å²) in [6.45, 7) is 5.50. The molecule has 0 unspecified atom stereocenters. The van der Waals surface area contributed by atoms with Gasteiger partial charge in [0, 0.05) is 6.54 Å². The van der Waals surface area contributed by atoms with E-state index in [4.69, 9.17) is 5.73 Å². The zero-order valence-electron chi connectivity index (χ0n) is 11.7. The van der Waals surface area contributed by atoms with Crippen molar-refractivity contribution in [2.45, 2.75) is 32.2 Å². The molecule has 7 heteroatoms. The number of H-pyrrole nitrogens is 1. The number of nitrogens with two attached hydrogens (primary N) is 1. The number of hydrogen-bond donors (Lipinski definition) is 3. The van der Waals surface area contributed by atoms with E-state index in [-0.39, 0.29) is 11.4 Å². The minimum absolute atomic E-state index is 0.182. The maximum atomic E-state index is 12.5. The molecule has 0 aliphatic carbocycles. The Morgan fingerprint density at radius 2 is 2.00 bits per heavy atom. The average molecular weight is 294 g/mol. The second-order valence-corrected chi connectivity index (χ2v) is 6.29. The van der Waals surface area contributed by atoms with E-state index in [0.717, 1.165) is 11.1 Å². The van der Waals surface area contributed by atoms with Crippen molar-refractivity contribution in [1.82, 2.24) is 10.2 Å². The van der Waals surface area contributed by atoms with Crippen LogP contribution < -0.4 is 10.5 Å². The van der Waals surface area contributed by atoms with E-state index in [9.17, 15) is 8.42 Å². The van der Waals surface area contributed by atoms with Gasteiger partial charge in [-0.3, -0.25) is 9.82 Å². The average Bonchev–Trinajstić information content (AvgIpc) is 2.69. The van der Waals surface area contributed by atoms with Crippen LogP contribution in [0.25, 0.3) is 0 Å². The van der Waals surface area contributed by atoms with Crippen molar-refractivity contribution in [3.8, 4) is 0 Å². The van der Waals surface area contributed by atoms with Crippen LogP contribution in [0.1, 0.15) is 22.5 Å². The smallest absolute Gasteiger partial charge is 0.265 e. The largest absolute Gasteiger partial charge is 0.326 e. The van der Waals surface area contributed by atoms with Crippen molar-refractivity contribution in [3.05, 3.63) is 40.7 Å². The molecule has 0 aliphatic rings. The Morgan fingerprint density at radius 3 is 2.55 bits per heavy atom. The standard InChI is InChI=1S/C13H18N4O2S/c1-8-5-4-6-12(11(8)7-14)17-20(18,19)13-9(2)15-16-10(13)3/h4-6,17H,7,14H2,1-3H3,(H,15,16). The molecular weight excluding hydrogens is 276 g/mol. The third-order valence-corrected chi connectivity index (χ3v) is 4.82. The number of aromatic amines is 1. The highest BCUT2D eigenvalue weighted by atomic mass is 32.2. The van der Waals surface area contributed by atoms with Crippen molar-refractivity contribution in [1.29, 1.82) is 0 Å². The normalized spacial score (nSPS) is 11.6. The van der Waals surface area contributed by atoms with Crippen molar-refractivity contribution in [3.63, 3.8) is 0 Å². The van der Waals surface area contributed by atoms with E-state index < -0.39 is 10.0 Å². The summed E-state index contributed by atoms with van der Waals surface area (Å²) < 4.78 is 27.5. The predicted octanol–water partition coefficient (Wildman–Crippen LogP) is 1.59. The van der Waals surface area contributed by atoms with Crippen LogP contribution in [0.2, 0.25) is 0 Å². The molecule has 6 nitrogen and oxygen atoms in total. The van der Waals surface area contributed by atoms with Crippen molar-refractivity contribution in [2.75, 3.05) is 4.72 Å². The maximum absolute atomic E-state index is 12.5. The van der Waals surface area contributed by atoms with Crippen LogP contribution in [-0.4, -0.2) is 18.6 Å². The number of hydrogen-bond acceptors (Lipinski definition) is 4. The van der Waals surface area contributed by atoms with Gasteiger partial charge in [-0.05, 0) is 38.0 Å². The minimum Gasteiger partial charge on any atom is -0.326 e. The maximum Gasteiger partial charge on any atom is 0.265 e. The van der Waals surface area contributed by atoms with Crippen molar-refractivity contribution < 1.29 is 8.42 Å². The van der Waals surface area contributed by atoms with Gasteiger partial charge >= 0.3 is 0 Å². The van der Waals surface area contributed by atoms with E-state index >= 15 is 0 Å². The lowest BCUT2D eigenvalue weighted by molar-refractivity contribution is 0.600. The summed E-state index contributed by atoms with van der Waals surface area (Å²) in [5, 5.41) is 6.59. The molecule has 2 rings (SSSR count). The fraction of sp³-hybridized carbons (Fsp3) is 0.308. The molecule has 108 valence electrons. The Kier molecular flexibility index (Phi) is 3.82. The van der Waals surface area contributed by atoms with Crippen molar-refractivity contribution >= 4 is 15.7 Å². The Labute approximate surface area is 118 Å². The molecule has 0 bridgehead atoms. The summed E-state index contributed by atoms with van der Waals surface area (Å²) in [5.74, 6) is 0. The van der Waals surface area contributed by atoms with Gasteiger partial charge in [-0.15, -0.1) is 0 Å². The van der Waals surface area contributed by atoms with E-state index in [1.807, 2.05) is 13.0 Å². The van der Waals surface area contributed by atoms with Crippen LogP contribution in [0, 0.1) is 20.8 Å². The molecule has 0 atom stereocenters. The number of rotatable bonds is 4. The van der Waals surface area contributed by atoms with Crippen LogP contribution >= 0.6 is 0 Å². The molecule has 0 saturated heterocycles. The Morgan fingerprint density at radius 1 is 1.30 bits per heavy atom. The van der Waals surface area contributed by atoms with Gasteiger partial charge in [-0.2, -0.15) is 5.10 Å². The van der Waals surface area contributed by atoms with Gasteiger partial charge in [0.1, 0.15) is 4.90 Å². The second-order valence-electron chi connectivity index (χ2n) is 4.67. The molecule has 20 heavy (non-hydrogen) atoms. The third-order valence-electron chi connectivity index (χ3n) is 3.19. The van der Waals surface area contributed by atoms with E-state index in [1.165, 1.54) is 0 Å². The first-order valence-corrected chi connectivity index (χ1v) is 7.68. The fourth-order valence-electron chi connectivity index (χ4n) is 2.20. The molecule has 0 aliphatic heterocycles. The molecule has 1 aromatic heterocycles. The van der Waals surface area contributed by atoms with E-state index in [0.29, 0.717) is 17.1 Å². The Balaban J connectivity index is 2.47. The first kappa shape index (κ1) is 14.5. The highest BCUT2D eigenvalue weighted by Gasteiger charge is 2.23. The van der Waals surface area contributed by atoms with Gasteiger partial charge in [-0.1, -0.05) is 12.1 Å². The molecule has 0 amide bonds. The summed E-state index contributed by atoms with van der Waals surface area (Å²) >= 11 is 0. The highest BCUT2D eigenvalue weighted by molar-refractivity contribution is 7.92. The number of benzene rings is 1. The molecule has 0 radical (unpaired) electrons. The molecule has 0 saturated carbocycles. The quantitative estimate of drug-likeness (QED) is 0.797. The van der Waals surface area contributed by atoms with Crippen LogP contribution in [0.3, 0.4) is 0 Å². The van der Waals surface area contributed by atoms with Crippen LogP contribution in [0.4, 0.5) is 5.69 Å². The number of sulfonamides is 1. The molecule has 1 heterocycles. The molecule has 4 N–H and O–H groups in total. The summed E-state index contributed by atoms with van der Waals surface area (Å²) in [6, 6.07) is 5.40. The predicted molar refractivity (Wildman–Crippen MR) is 77.9 cm³/mol. The van der Waals surface area contributed by atoms with Crippen LogP contribution in [-0.2, 0) is 16.6 Å². The molecule has 2 aromatic rings. The van der Waals surface area contributed by atoms with Gasteiger partial charge in [0.15, 0.2) is 0 Å². The lowest BCUT2D eigenvalue weighted by Crippen LogP contribution is -2.17. The number of aromatic nitrogens is 2. The first-order valence-electron chi connectivity index (χ1n) is 6.19. The lowest BCUT2D eigenvalue weighted by atomic mass is 10.1. The molecule has 0 fully saturated rings. The van der Waals surface area contributed by atoms with Crippen LogP contribution in [0.15, 0.2) is 23.1 Å². The summed E-state index contributed by atoms with van der Waals surface area (Å²) in [7, 11) is -3.68. The summed E-state index contributed by atoms with van der Waals surface area (Å²) in [5.41, 5.74) is 8.89. The second kappa shape index (κ2) is 5.26. The van der Waals surface area contributed by atoms with E-state index in [2.05, 4.69) is 14.9 Å². The van der Waals surface area contributed by atoms with Crippen molar-refractivity contribution in [2.24, 2.45) is 5.73 Å². The van der Waals surface area contributed by atoms with Gasteiger partial charge < -0.3 is 5.73 Å². The zero-order chi connectivity index (χ0) is 14.9. The first-order chi connectivity index (χ1) is 9.36. The summed E-state index contributed by atoms with van der Waals surface area (Å²) in [4.78, 5) is 0.182. The highest BCUT2D eigenvalue weighted by Crippen LogP contribution is 2.24. The van der Waals surface area contributed by atoms with Gasteiger partial charge in [0.05, 0.1) is 17.1 Å². The minimum atomic E-state index is -3.68. The lowest BCUT2D eigenvalue weighted by Gasteiger charge is -2.13. The SMILES string of the molecule is Cc1cccc(NS(=O)(=O)c2c(C)n[nH]c2C)c1CN. The zero-order valence-corrected chi connectivity index (χ0v) is 12.5. The number of anilines is 1. The van der Waals surface area contributed by atoms with Gasteiger partial charge in [0.2, 0.25) is 0 Å². The number of nitrogens with one attached hydrogen (secondary N) is 2. The fourth-order valence-corrected chi connectivity index (χ4v) is 3.67. The van der Waals surface area contributed by atoms with Gasteiger partial charge in [-0.25, -0.2) is 8.42 Å². The monoisotopic (exact) mass is 294 g/mol. The third kappa shape index (κ3) is 2.54. The van der Waals surface area contributed by atoms with E-state index in [1.54, 1.807) is 26.0 Å². The number of nitrogens with zero attached hydrogens (tertiary/aromatic N) is 1. The van der Waals surface area contributed by atoms with Crippen LogP contribution in [0.5, 0.6) is 0 Å². The topological polar surface area (TPSA) is 101 Å². The molecule has 0 spiro atoms. The molecular formula is C13H18N4O2S. The number of aryl methyl sites for hydroxylation is 3.